The Labute approximate surface area is 122 Å². The van der Waals surface area contributed by atoms with Gasteiger partial charge in [0.15, 0.2) is 0 Å². The van der Waals surface area contributed by atoms with Gasteiger partial charge in [-0.2, -0.15) is 0 Å². The molecule has 0 amide bonds. The molecule has 1 heterocycles. The number of hydrogen-bond acceptors (Lipinski definition) is 8. The molecule has 0 spiro atoms. The maximum absolute atomic E-state index is 9.24. The lowest BCUT2D eigenvalue weighted by Crippen LogP contribution is -2.42. The fraction of sp³-hybridized carbons (Fsp3) is 0.538. The van der Waals surface area contributed by atoms with Crippen LogP contribution in [0, 0.1) is 0 Å². The molecule has 7 N–H and O–H groups in total. The SMILES string of the molecule is Nc1ccc(O)cc1.OC1CO[C@H](CCN(O)O)CC1O. The molecular weight excluding hydrogens is 280 g/mol. The van der Waals surface area contributed by atoms with Crippen molar-refractivity contribution in [2.75, 3.05) is 18.9 Å². The van der Waals surface area contributed by atoms with E-state index in [0.717, 1.165) is 0 Å². The van der Waals surface area contributed by atoms with Crippen LogP contribution in [0.2, 0.25) is 0 Å². The lowest BCUT2D eigenvalue weighted by Gasteiger charge is -2.30. The number of benzene rings is 1. The lowest BCUT2D eigenvalue weighted by atomic mass is 10.0. The molecule has 120 valence electrons. The van der Waals surface area contributed by atoms with E-state index in [2.05, 4.69) is 0 Å². The Balaban J connectivity index is 0.000000235. The van der Waals surface area contributed by atoms with E-state index in [1.54, 1.807) is 24.3 Å². The fourth-order valence-electron chi connectivity index (χ4n) is 1.78. The van der Waals surface area contributed by atoms with Gasteiger partial charge in [0.1, 0.15) is 11.9 Å². The Morgan fingerprint density at radius 1 is 1.14 bits per heavy atom. The van der Waals surface area contributed by atoms with Crippen molar-refractivity contribution in [3.05, 3.63) is 24.3 Å². The minimum absolute atomic E-state index is 0.0630. The number of ether oxygens (including phenoxy) is 1. The summed E-state index contributed by atoms with van der Waals surface area (Å²) in [6.07, 6.45) is -1.08. The van der Waals surface area contributed by atoms with E-state index < -0.39 is 12.2 Å². The molecule has 1 aliphatic rings. The standard InChI is InChI=1S/C7H15NO5.C6H7NO/c9-6-3-5(1-2-8(11)12)13-4-7(6)10;7-5-1-3-6(8)4-2-5/h5-7,9-12H,1-4H2;1-4,8H,7H2/t5-,6?,7?;/m1./s1. The highest BCUT2D eigenvalue weighted by Crippen LogP contribution is 2.16. The van der Waals surface area contributed by atoms with Crippen LogP contribution in [0.3, 0.4) is 0 Å². The number of nitrogens with zero attached hydrogens (tertiary/aromatic N) is 1. The number of rotatable bonds is 3. The summed E-state index contributed by atoms with van der Waals surface area (Å²) >= 11 is 0. The number of aliphatic hydroxyl groups excluding tert-OH is 2. The smallest absolute Gasteiger partial charge is 0.115 e. The van der Waals surface area contributed by atoms with Crippen molar-refractivity contribution >= 4 is 5.69 Å². The summed E-state index contributed by atoms with van der Waals surface area (Å²) in [6.45, 7) is 0.163. The van der Waals surface area contributed by atoms with Crippen LogP contribution >= 0.6 is 0 Å². The summed E-state index contributed by atoms with van der Waals surface area (Å²) in [5, 5.41) is 44.0. The third-order valence-corrected chi connectivity index (χ3v) is 3.00. The van der Waals surface area contributed by atoms with Crippen LogP contribution in [-0.2, 0) is 4.74 Å². The first-order valence-corrected chi connectivity index (χ1v) is 6.56. The largest absolute Gasteiger partial charge is 0.508 e. The Bertz CT molecular complexity index is 379. The van der Waals surface area contributed by atoms with Crippen molar-refractivity contribution in [1.82, 2.24) is 5.23 Å². The van der Waals surface area contributed by atoms with Crippen LogP contribution in [0.1, 0.15) is 12.8 Å². The molecule has 8 nitrogen and oxygen atoms in total. The second-order valence-corrected chi connectivity index (χ2v) is 4.80. The van der Waals surface area contributed by atoms with Crippen molar-refractivity contribution in [2.45, 2.75) is 31.2 Å². The molecule has 1 saturated heterocycles. The molecule has 0 saturated carbocycles. The maximum Gasteiger partial charge on any atom is 0.115 e. The zero-order valence-corrected chi connectivity index (χ0v) is 11.5. The van der Waals surface area contributed by atoms with E-state index in [4.69, 9.17) is 31.1 Å². The van der Waals surface area contributed by atoms with Gasteiger partial charge in [0.05, 0.1) is 25.4 Å². The summed E-state index contributed by atoms with van der Waals surface area (Å²) in [5.41, 5.74) is 5.98. The summed E-state index contributed by atoms with van der Waals surface area (Å²) in [6, 6.07) is 6.40. The van der Waals surface area contributed by atoms with Gasteiger partial charge in [0.25, 0.3) is 0 Å². The van der Waals surface area contributed by atoms with E-state index >= 15 is 0 Å². The Morgan fingerprint density at radius 3 is 2.24 bits per heavy atom. The summed E-state index contributed by atoms with van der Waals surface area (Å²) in [4.78, 5) is 0. The predicted octanol–water partition coefficient (Wildman–Crippen LogP) is -0.0580. The van der Waals surface area contributed by atoms with Crippen molar-refractivity contribution in [3.63, 3.8) is 0 Å². The van der Waals surface area contributed by atoms with E-state index in [1.165, 1.54) is 0 Å². The first kappa shape index (κ1) is 17.6. The van der Waals surface area contributed by atoms with Gasteiger partial charge >= 0.3 is 0 Å². The Hall–Kier alpha value is -1.42. The molecule has 0 radical (unpaired) electrons. The minimum atomic E-state index is -0.824. The molecule has 3 atom stereocenters. The quantitative estimate of drug-likeness (QED) is 0.259. The Morgan fingerprint density at radius 2 is 1.76 bits per heavy atom. The Kier molecular flexibility index (Phi) is 7.37. The summed E-state index contributed by atoms with van der Waals surface area (Å²) in [7, 11) is 0. The molecule has 0 bridgehead atoms. The van der Waals surface area contributed by atoms with Crippen molar-refractivity contribution in [3.8, 4) is 5.75 Å². The number of hydrogen-bond donors (Lipinski definition) is 6. The molecular formula is C13H22N2O6. The van der Waals surface area contributed by atoms with Crippen LogP contribution in [0.15, 0.2) is 24.3 Å². The van der Waals surface area contributed by atoms with E-state index in [1.807, 2.05) is 0 Å². The molecule has 0 aliphatic carbocycles. The first-order valence-electron chi connectivity index (χ1n) is 6.56. The van der Waals surface area contributed by atoms with Gasteiger partial charge in [-0.15, -0.1) is 0 Å². The number of anilines is 1. The zero-order chi connectivity index (χ0) is 15.8. The average molecular weight is 302 g/mol. The zero-order valence-electron chi connectivity index (χ0n) is 11.5. The van der Waals surface area contributed by atoms with Gasteiger partial charge in [0, 0.05) is 12.1 Å². The highest BCUT2D eigenvalue weighted by Gasteiger charge is 2.28. The fourth-order valence-corrected chi connectivity index (χ4v) is 1.78. The second kappa shape index (κ2) is 8.78. The molecule has 1 aromatic rings. The molecule has 2 rings (SSSR count). The van der Waals surface area contributed by atoms with Gasteiger partial charge < -0.3 is 25.8 Å². The normalized spacial score (nSPS) is 25.3. The van der Waals surface area contributed by atoms with Gasteiger partial charge in [-0.3, -0.25) is 10.4 Å². The molecule has 1 aliphatic heterocycles. The third-order valence-electron chi connectivity index (χ3n) is 3.00. The van der Waals surface area contributed by atoms with Crippen LogP contribution in [0.25, 0.3) is 0 Å². The minimum Gasteiger partial charge on any atom is -0.508 e. The molecule has 0 aromatic heterocycles. The first-order chi connectivity index (χ1) is 9.88. The molecule has 1 fully saturated rings. The summed E-state index contributed by atoms with van der Waals surface area (Å²) in [5.74, 6) is 0.249. The topological polar surface area (TPSA) is 140 Å². The van der Waals surface area contributed by atoms with Crippen LogP contribution in [0.5, 0.6) is 5.75 Å². The number of hydroxylamine groups is 2. The summed E-state index contributed by atoms with van der Waals surface area (Å²) < 4.78 is 5.15. The number of phenols is 1. The van der Waals surface area contributed by atoms with Gasteiger partial charge in [-0.1, -0.05) is 5.23 Å². The maximum atomic E-state index is 9.24. The number of phenolic OH excluding ortho intramolecular Hbond substituents is 1. The third kappa shape index (κ3) is 7.23. The highest BCUT2D eigenvalue weighted by molar-refractivity contribution is 5.40. The monoisotopic (exact) mass is 302 g/mol. The molecule has 1 aromatic carbocycles. The average Bonchev–Trinajstić information content (AvgIpc) is 2.44. The van der Waals surface area contributed by atoms with E-state index in [-0.39, 0.29) is 30.2 Å². The molecule has 21 heavy (non-hydrogen) atoms. The molecule has 2 unspecified atom stereocenters. The van der Waals surface area contributed by atoms with Gasteiger partial charge in [0.2, 0.25) is 0 Å². The number of nitrogens with two attached hydrogens (primary N) is 1. The van der Waals surface area contributed by atoms with E-state index in [9.17, 15) is 5.11 Å². The van der Waals surface area contributed by atoms with Crippen molar-refractivity contribution < 1.29 is 30.5 Å². The number of aromatic hydroxyl groups is 1. The molecule has 8 heteroatoms. The van der Waals surface area contributed by atoms with Crippen LogP contribution in [0.4, 0.5) is 5.69 Å². The number of nitrogen functional groups attached to an aromatic ring is 1. The second-order valence-electron chi connectivity index (χ2n) is 4.80. The van der Waals surface area contributed by atoms with Gasteiger partial charge in [-0.05, 0) is 30.7 Å². The lowest BCUT2D eigenvalue weighted by molar-refractivity contribution is -0.309. The van der Waals surface area contributed by atoms with Crippen molar-refractivity contribution in [1.29, 1.82) is 0 Å². The van der Waals surface area contributed by atoms with Gasteiger partial charge in [-0.25, -0.2) is 0 Å². The van der Waals surface area contributed by atoms with Crippen LogP contribution < -0.4 is 5.73 Å². The predicted molar refractivity (Wildman–Crippen MR) is 73.8 cm³/mol. The highest BCUT2D eigenvalue weighted by atomic mass is 16.8. The number of aliphatic hydroxyl groups is 2. The van der Waals surface area contributed by atoms with E-state index in [0.29, 0.717) is 18.5 Å². The van der Waals surface area contributed by atoms with Crippen LogP contribution in [-0.4, -0.2) is 62.4 Å². The van der Waals surface area contributed by atoms with Crippen molar-refractivity contribution in [2.24, 2.45) is 0 Å².